The molecule has 3 rings (SSSR count). The Morgan fingerprint density at radius 2 is 1.72 bits per heavy atom. The lowest BCUT2D eigenvalue weighted by atomic mass is 10.1. The lowest BCUT2D eigenvalue weighted by Gasteiger charge is -2.14. The molecule has 2 aromatic carbocycles. The van der Waals surface area contributed by atoms with E-state index in [-0.39, 0.29) is 6.54 Å². The fraction of sp³-hybridized carbons (Fsp3) is 0.200. The SMILES string of the molecule is CCc1oc2ccccc2c1CN(C)S(=O)(=O)/C=C\c1ccccc1. The molecule has 1 heterocycles. The Balaban J connectivity index is 1.86. The maximum Gasteiger partial charge on any atom is 0.236 e. The summed E-state index contributed by atoms with van der Waals surface area (Å²) in [5, 5.41) is 2.21. The molecule has 0 fully saturated rings. The number of hydrogen-bond donors (Lipinski definition) is 0. The first-order valence-electron chi connectivity index (χ1n) is 8.20. The minimum atomic E-state index is -3.52. The van der Waals surface area contributed by atoms with Gasteiger partial charge in [0, 0.05) is 36.4 Å². The van der Waals surface area contributed by atoms with E-state index in [1.54, 1.807) is 13.1 Å². The van der Waals surface area contributed by atoms with Crippen LogP contribution in [0.5, 0.6) is 0 Å². The van der Waals surface area contributed by atoms with Gasteiger partial charge in [-0.05, 0) is 17.7 Å². The van der Waals surface area contributed by atoms with Gasteiger partial charge in [-0.3, -0.25) is 0 Å². The summed E-state index contributed by atoms with van der Waals surface area (Å²) < 4.78 is 32.4. The molecule has 0 aliphatic heterocycles. The highest BCUT2D eigenvalue weighted by Crippen LogP contribution is 2.28. The van der Waals surface area contributed by atoms with Crippen molar-refractivity contribution in [2.75, 3.05) is 7.05 Å². The van der Waals surface area contributed by atoms with Gasteiger partial charge >= 0.3 is 0 Å². The minimum absolute atomic E-state index is 0.279. The van der Waals surface area contributed by atoms with E-state index < -0.39 is 10.0 Å². The van der Waals surface area contributed by atoms with E-state index >= 15 is 0 Å². The van der Waals surface area contributed by atoms with Gasteiger partial charge in [0.15, 0.2) is 0 Å². The van der Waals surface area contributed by atoms with Gasteiger partial charge in [0.25, 0.3) is 0 Å². The van der Waals surface area contributed by atoms with E-state index in [0.29, 0.717) is 0 Å². The van der Waals surface area contributed by atoms with Crippen molar-refractivity contribution >= 4 is 27.1 Å². The maximum absolute atomic E-state index is 12.6. The second kappa shape index (κ2) is 7.25. The number of sulfonamides is 1. The summed E-state index contributed by atoms with van der Waals surface area (Å²) in [6.45, 7) is 2.28. The first-order chi connectivity index (χ1) is 12.0. The monoisotopic (exact) mass is 355 g/mol. The van der Waals surface area contributed by atoms with Crippen molar-refractivity contribution in [1.29, 1.82) is 0 Å². The van der Waals surface area contributed by atoms with Gasteiger partial charge in [0.2, 0.25) is 10.0 Å². The molecule has 3 aromatic rings. The van der Waals surface area contributed by atoms with Crippen molar-refractivity contribution in [3.05, 3.63) is 76.9 Å². The van der Waals surface area contributed by atoms with Gasteiger partial charge in [0.1, 0.15) is 11.3 Å². The summed E-state index contributed by atoms with van der Waals surface area (Å²) in [5.74, 6) is 0.829. The van der Waals surface area contributed by atoms with Crippen molar-refractivity contribution in [2.45, 2.75) is 19.9 Å². The third kappa shape index (κ3) is 3.83. The van der Waals surface area contributed by atoms with Crippen LogP contribution in [0, 0.1) is 0 Å². The number of nitrogens with zero attached hydrogens (tertiary/aromatic N) is 1. The van der Waals surface area contributed by atoms with Crippen molar-refractivity contribution in [2.24, 2.45) is 0 Å². The molecule has 0 radical (unpaired) electrons. The lowest BCUT2D eigenvalue weighted by molar-refractivity contribution is 0.466. The molecule has 1 aromatic heterocycles. The van der Waals surface area contributed by atoms with Crippen LogP contribution in [-0.4, -0.2) is 19.8 Å². The van der Waals surface area contributed by atoms with E-state index in [0.717, 1.165) is 34.3 Å². The molecule has 0 saturated carbocycles. The Bertz CT molecular complexity index is 988. The van der Waals surface area contributed by atoms with Gasteiger partial charge < -0.3 is 4.42 Å². The Labute approximate surface area is 148 Å². The van der Waals surface area contributed by atoms with Crippen LogP contribution in [-0.2, 0) is 23.0 Å². The molecule has 25 heavy (non-hydrogen) atoms. The number of aryl methyl sites for hydroxylation is 1. The van der Waals surface area contributed by atoms with E-state index in [4.69, 9.17) is 4.42 Å². The van der Waals surface area contributed by atoms with E-state index in [9.17, 15) is 8.42 Å². The number of hydrogen-bond acceptors (Lipinski definition) is 3. The summed E-state index contributed by atoms with van der Waals surface area (Å²) in [5.41, 5.74) is 2.57. The van der Waals surface area contributed by atoms with Gasteiger partial charge in [-0.15, -0.1) is 0 Å². The van der Waals surface area contributed by atoms with Crippen LogP contribution in [0.4, 0.5) is 0 Å². The molecule has 0 N–H and O–H groups in total. The highest BCUT2D eigenvalue weighted by molar-refractivity contribution is 7.92. The predicted molar refractivity (Wildman–Crippen MR) is 101 cm³/mol. The Kier molecular flexibility index (Phi) is 5.06. The predicted octanol–water partition coefficient (Wildman–Crippen LogP) is 4.43. The first-order valence-corrected chi connectivity index (χ1v) is 9.70. The van der Waals surface area contributed by atoms with E-state index in [1.165, 1.54) is 9.71 Å². The second-order valence-electron chi connectivity index (χ2n) is 5.87. The smallest absolute Gasteiger partial charge is 0.236 e. The molecule has 4 nitrogen and oxygen atoms in total. The minimum Gasteiger partial charge on any atom is -0.461 e. The molecular formula is C20H21NO3S. The largest absolute Gasteiger partial charge is 0.461 e. The molecule has 0 amide bonds. The van der Waals surface area contributed by atoms with Gasteiger partial charge in [-0.25, -0.2) is 8.42 Å². The Hall–Kier alpha value is -2.37. The van der Waals surface area contributed by atoms with Gasteiger partial charge in [-0.1, -0.05) is 55.5 Å². The number of benzene rings is 2. The Morgan fingerprint density at radius 1 is 1.04 bits per heavy atom. The van der Waals surface area contributed by atoms with E-state index in [2.05, 4.69) is 0 Å². The zero-order valence-electron chi connectivity index (χ0n) is 14.3. The topological polar surface area (TPSA) is 50.5 Å². The number of fused-ring (bicyclic) bond motifs is 1. The molecule has 0 aliphatic rings. The average Bonchev–Trinajstić information content (AvgIpc) is 2.99. The molecule has 0 aliphatic carbocycles. The number of rotatable bonds is 6. The van der Waals surface area contributed by atoms with Gasteiger partial charge in [0.05, 0.1) is 0 Å². The van der Waals surface area contributed by atoms with Crippen LogP contribution in [0.1, 0.15) is 23.8 Å². The second-order valence-corrected chi connectivity index (χ2v) is 7.79. The van der Waals surface area contributed by atoms with Crippen LogP contribution >= 0.6 is 0 Å². The van der Waals surface area contributed by atoms with Crippen LogP contribution in [0.15, 0.2) is 64.4 Å². The maximum atomic E-state index is 12.6. The summed E-state index contributed by atoms with van der Waals surface area (Å²) >= 11 is 0. The molecule has 0 bridgehead atoms. The zero-order chi connectivity index (χ0) is 17.9. The van der Waals surface area contributed by atoms with Crippen molar-refractivity contribution < 1.29 is 12.8 Å². The standard InChI is InChI=1S/C20H21NO3S/c1-3-19-18(17-11-7-8-12-20(17)24-19)15-21(2)25(22,23)14-13-16-9-5-4-6-10-16/h4-14H,3,15H2,1-2H3/b14-13-. The van der Waals surface area contributed by atoms with Crippen molar-refractivity contribution in [1.82, 2.24) is 4.31 Å². The fourth-order valence-electron chi connectivity index (χ4n) is 2.75. The molecule has 5 heteroatoms. The van der Waals surface area contributed by atoms with E-state index in [1.807, 2.05) is 61.5 Å². The normalized spacial score (nSPS) is 12.4. The van der Waals surface area contributed by atoms with Crippen LogP contribution < -0.4 is 0 Å². The number of furan rings is 1. The molecule has 130 valence electrons. The summed E-state index contributed by atoms with van der Waals surface area (Å²) in [7, 11) is -1.93. The average molecular weight is 355 g/mol. The molecule has 0 atom stereocenters. The summed E-state index contributed by atoms with van der Waals surface area (Å²) in [6.07, 6.45) is 2.33. The quantitative estimate of drug-likeness (QED) is 0.657. The molecule has 0 unspecified atom stereocenters. The Morgan fingerprint density at radius 3 is 2.44 bits per heavy atom. The first kappa shape index (κ1) is 17.5. The zero-order valence-corrected chi connectivity index (χ0v) is 15.2. The van der Waals surface area contributed by atoms with Crippen LogP contribution in [0.25, 0.3) is 17.0 Å². The fourth-order valence-corrected chi connectivity index (χ4v) is 3.60. The highest BCUT2D eigenvalue weighted by Gasteiger charge is 2.20. The summed E-state index contributed by atoms with van der Waals surface area (Å²) in [6, 6.07) is 17.1. The van der Waals surface area contributed by atoms with Crippen molar-refractivity contribution in [3.63, 3.8) is 0 Å². The summed E-state index contributed by atoms with van der Waals surface area (Å²) in [4.78, 5) is 0. The molecule has 0 saturated heterocycles. The van der Waals surface area contributed by atoms with Crippen molar-refractivity contribution in [3.8, 4) is 0 Å². The van der Waals surface area contributed by atoms with Gasteiger partial charge in [-0.2, -0.15) is 4.31 Å². The number of para-hydroxylation sites is 1. The lowest BCUT2D eigenvalue weighted by Crippen LogP contribution is -2.24. The highest BCUT2D eigenvalue weighted by atomic mass is 32.2. The van der Waals surface area contributed by atoms with Crippen LogP contribution in [0.3, 0.4) is 0 Å². The molecular weight excluding hydrogens is 334 g/mol. The third-order valence-corrected chi connectivity index (χ3v) is 5.63. The van der Waals surface area contributed by atoms with Crippen LogP contribution in [0.2, 0.25) is 0 Å². The third-order valence-electron chi connectivity index (χ3n) is 4.15. The molecule has 0 spiro atoms.